The summed E-state index contributed by atoms with van der Waals surface area (Å²) in [6.45, 7) is 3.64. The number of halogens is 3. The maximum absolute atomic E-state index is 13.1. The SMILES string of the molecule is CC(C)c1ccccc1OCC(=O)Nc1cc(C(F)(F)F)ccc1-n1cncn1. The van der Waals surface area contributed by atoms with Crippen LogP contribution in [-0.4, -0.2) is 27.3 Å². The minimum atomic E-state index is -4.55. The highest BCUT2D eigenvalue weighted by molar-refractivity contribution is 5.94. The van der Waals surface area contributed by atoms with E-state index in [4.69, 9.17) is 4.74 Å². The van der Waals surface area contributed by atoms with Crippen LogP contribution < -0.4 is 10.1 Å². The average Bonchev–Trinajstić information content (AvgIpc) is 3.20. The van der Waals surface area contributed by atoms with Gasteiger partial charge in [-0.15, -0.1) is 0 Å². The lowest BCUT2D eigenvalue weighted by Gasteiger charge is -2.16. The summed E-state index contributed by atoms with van der Waals surface area (Å²) in [7, 11) is 0. The third kappa shape index (κ3) is 4.92. The van der Waals surface area contributed by atoms with Gasteiger partial charge in [-0.2, -0.15) is 18.3 Å². The molecule has 0 spiro atoms. The van der Waals surface area contributed by atoms with Crippen LogP contribution in [-0.2, 0) is 11.0 Å². The van der Waals surface area contributed by atoms with Crippen LogP contribution >= 0.6 is 0 Å². The van der Waals surface area contributed by atoms with Crippen molar-refractivity contribution in [2.75, 3.05) is 11.9 Å². The maximum Gasteiger partial charge on any atom is 0.416 e. The van der Waals surface area contributed by atoms with Gasteiger partial charge in [0.05, 0.1) is 16.9 Å². The van der Waals surface area contributed by atoms with Gasteiger partial charge in [0, 0.05) is 0 Å². The molecule has 0 saturated heterocycles. The molecular weight excluding hydrogens is 385 g/mol. The molecule has 3 aromatic rings. The van der Waals surface area contributed by atoms with Crippen LogP contribution in [0.25, 0.3) is 5.69 Å². The number of benzene rings is 2. The number of anilines is 1. The van der Waals surface area contributed by atoms with Crippen molar-refractivity contribution in [2.45, 2.75) is 25.9 Å². The van der Waals surface area contributed by atoms with E-state index in [1.54, 1.807) is 12.1 Å². The maximum atomic E-state index is 13.1. The first-order chi connectivity index (χ1) is 13.8. The first-order valence-corrected chi connectivity index (χ1v) is 8.83. The van der Waals surface area contributed by atoms with Crippen molar-refractivity contribution in [1.29, 1.82) is 0 Å². The van der Waals surface area contributed by atoms with Gasteiger partial charge in [0.25, 0.3) is 5.91 Å². The van der Waals surface area contributed by atoms with Crippen molar-refractivity contribution in [1.82, 2.24) is 14.8 Å². The Balaban J connectivity index is 1.80. The molecule has 1 amide bonds. The largest absolute Gasteiger partial charge is 0.483 e. The molecule has 1 heterocycles. The van der Waals surface area contributed by atoms with Crippen LogP contribution in [0.2, 0.25) is 0 Å². The summed E-state index contributed by atoms with van der Waals surface area (Å²) in [4.78, 5) is 16.2. The van der Waals surface area contributed by atoms with E-state index in [0.29, 0.717) is 5.75 Å². The second-order valence-corrected chi connectivity index (χ2v) is 6.60. The lowest BCUT2D eigenvalue weighted by atomic mass is 10.0. The molecule has 0 aliphatic carbocycles. The smallest absolute Gasteiger partial charge is 0.416 e. The number of carbonyl (C=O) groups is 1. The highest BCUT2D eigenvalue weighted by atomic mass is 19.4. The number of aromatic nitrogens is 3. The fraction of sp³-hybridized carbons (Fsp3) is 0.250. The number of alkyl halides is 3. The van der Waals surface area contributed by atoms with E-state index in [-0.39, 0.29) is 23.9 Å². The summed E-state index contributed by atoms with van der Waals surface area (Å²) in [5.74, 6) is 0.152. The lowest BCUT2D eigenvalue weighted by Crippen LogP contribution is -2.22. The fourth-order valence-electron chi connectivity index (χ4n) is 2.76. The zero-order valence-corrected chi connectivity index (χ0v) is 15.8. The van der Waals surface area contributed by atoms with E-state index in [9.17, 15) is 18.0 Å². The summed E-state index contributed by atoms with van der Waals surface area (Å²) in [6.07, 6.45) is -1.98. The van der Waals surface area contributed by atoms with Crippen molar-refractivity contribution < 1.29 is 22.7 Å². The van der Waals surface area contributed by atoms with Gasteiger partial charge in [-0.05, 0) is 35.7 Å². The molecule has 1 N–H and O–H groups in total. The predicted octanol–water partition coefficient (Wildman–Crippen LogP) is 4.43. The molecule has 0 fully saturated rings. The summed E-state index contributed by atoms with van der Waals surface area (Å²) in [5, 5.41) is 6.39. The second kappa shape index (κ2) is 8.34. The van der Waals surface area contributed by atoms with Crippen LogP contribution in [0, 0.1) is 0 Å². The molecule has 6 nitrogen and oxygen atoms in total. The molecule has 29 heavy (non-hydrogen) atoms. The number of hydrogen-bond acceptors (Lipinski definition) is 4. The number of rotatable bonds is 6. The van der Waals surface area contributed by atoms with Crippen molar-refractivity contribution >= 4 is 11.6 Å². The predicted molar refractivity (Wildman–Crippen MR) is 101 cm³/mol. The van der Waals surface area contributed by atoms with E-state index in [2.05, 4.69) is 15.4 Å². The van der Waals surface area contributed by atoms with Gasteiger partial charge < -0.3 is 10.1 Å². The number of hydrogen-bond donors (Lipinski definition) is 1. The number of nitrogens with one attached hydrogen (secondary N) is 1. The van der Waals surface area contributed by atoms with E-state index in [1.165, 1.54) is 23.4 Å². The Hall–Kier alpha value is -3.36. The molecule has 0 bridgehead atoms. The van der Waals surface area contributed by atoms with Gasteiger partial charge in [0.15, 0.2) is 6.61 Å². The lowest BCUT2D eigenvalue weighted by molar-refractivity contribution is -0.137. The van der Waals surface area contributed by atoms with E-state index >= 15 is 0 Å². The number of amides is 1. The molecule has 0 atom stereocenters. The molecule has 0 radical (unpaired) electrons. The molecule has 0 saturated carbocycles. The van der Waals surface area contributed by atoms with Crippen molar-refractivity contribution in [2.24, 2.45) is 0 Å². The molecule has 1 aromatic heterocycles. The van der Waals surface area contributed by atoms with Gasteiger partial charge >= 0.3 is 6.18 Å². The molecule has 0 aliphatic rings. The molecule has 152 valence electrons. The molecule has 0 unspecified atom stereocenters. The average molecular weight is 404 g/mol. The zero-order valence-electron chi connectivity index (χ0n) is 15.8. The Morgan fingerprint density at radius 2 is 1.97 bits per heavy atom. The standard InChI is InChI=1S/C20H19F3N4O2/c1-13(2)15-5-3-4-6-18(15)29-10-19(28)26-16-9-14(20(21,22)23)7-8-17(16)27-12-24-11-25-27/h3-9,11-13H,10H2,1-2H3,(H,26,28). The molecule has 3 rings (SSSR count). The van der Waals surface area contributed by atoms with Gasteiger partial charge in [-0.1, -0.05) is 32.0 Å². The minimum Gasteiger partial charge on any atom is -0.483 e. The topological polar surface area (TPSA) is 69.0 Å². The van der Waals surface area contributed by atoms with Gasteiger partial charge in [0.1, 0.15) is 18.4 Å². The normalized spacial score (nSPS) is 11.5. The summed E-state index contributed by atoms with van der Waals surface area (Å²) in [6, 6.07) is 10.3. The molecule has 9 heteroatoms. The molecule has 2 aromatic carbocycles. The van der Waals surface area contributed by atoms with Crippen LogP contribution in [0.15, 0.2) is 55.1 Å². The Kier molecular flexibility index (Phi) is 5.86. The van der Waals surface area contributed by atoms with Crippen molar-refractivity contribution in [3.05, 3.63) is 66.2 Å². The number of nitrogens with zero attached hydrogens (tertiary/aromatic N) is 3. The quantitative estimate of drug-likeness (QED) is 0.660. The number of para-hydroxylation sites is 1. The summed E-state index contributed by atoms with van der Waals surface area (Å²) >= 11 is 0. The van der Waals surface area contributed by atoms with E-state index in [0.717, 1.165) is 17.7 Å². The highest BCUT2D eigenvalue weighted by Gasteiger charge is 2.31. The third-order valence-electron chi connectivity index (χ3n) is 4.16. The fourth-order valence-corrected chi connectivity index (χ4v) is 2.76. The summed E-state index contributed by atoms with van der Waals surface area (Å²) < 4.78 is 46.2. The van der Waals surface area contributed by atoms with Crippen molar-refractivity contribution in [3.8, 4) is 11.4 Å². The Morgan fingerprint density at radius 1 is 1.21 bits per heavy atom. The van der Waals surface area contributed by atoms with Gasteiger partial charge in [-0.3, -0.25) is 4.79 Å². The van der Waals surface area contributed by atoms with Gasteiger partial charge in [-0.25, -0.2) is 9.67 Å². The molecular formula is C20H19F3N4O2. The first-order valence-electron chi connectivity index (χ1n) is 8.83. The first kappa shape index (κ1) is 20.4. The number of ether oxygens (including phenoxy) is 1. The van der Waals surface area contributed by atoms with E-state index in [1.807, 2.05) is 26.0 Å². The number of carbonyl (C=O) groups excluding carboxylic acids is 1. The van der Waals surface area contributed by atoms with Crippen LogP contribution in [0.1, 0.15) is 30.9 Å². The Bertz CT molecular complexity index is 986. The van der Waals surface area contributed by atoms with Gasteiger partial charge in [0.2, 0.25) is 0 Å². The van der Waals surface area contributed by atoms with Crippen molar-refractivity contribution in [3.63, 3.8) is 0 Å². The molecule has 0 aliphatic heterocycles. The van der Waals surface area contributed by atoms with E-state index < -0.39 is 17.6 Å². The highest BCUT2D eigenvalue weighted by Crippen LogP contribution is 2.33. The Labute approximate surface area is 165 Å². The summed E-state index contributed by atoms with van der Waals surface area (Å²) in [5.41, 5.74) is 0.257. The van der Waals surface area contributed by atoms with Crippen LogP contribution in [0.3, 0.4) is 0 Å². The van der Waals surface area contributed by atoms with Crippen LogP contribution in [0.4, 0.5) is 18.9 Å². The monoisotopic (exact) mass is 404 g/mol. The zero-order chi connectivity index (χ0) is 21.0. The Morgan fingerprint density at radius 3 is 2.62 bits per heavy atom. The minimum absolute atomic E-state index is 0.0453. The van der Waals surface area contributed by atoms with Crippen LogP contribution in [0.5, 0.6) is 5.75 Å². The second-order valence-electron chi connectivity index (χ2n) is 6.60. The third-order valence-corrected chi connectivity index (χ3v) is 4.16.